The lowest BCUT2D eigenvalue weighted by Gasteiger charge is -2.16. The second-order valence-corrected chi connectivity index (χ2v) is 9.61. The fraction of sp³-hybridized carbons (Fsp3) is 0.240. The summed E-state index contributed by atoms with van der Waals surface area (Å²) in [5, 5.41) is 2.85. The number of carbonyl (C=O) groups is 1. The van der Waals surface area contributed by atoms with Gasteiger partial charge in [-0.15, -0.1) is 0 Å². The number of carbonyl (C=O) groups excluding carboxylic acids is 1. The SMILES string of the molecule is O=C(Nc1ccccc1OCCc1ccccc1)c1cccc(S(=O)(=O)N2CCCC2)c1. The van der Waals surface area contributed by atoms with E-state index in [9.17, 15) is 13.2 Å². The predicted molar refractivity (Wildman–Crippen MR) is 124 cm³/mol. The molecule has 0 aromatic heterocycles. The van der Waals surface area contributed by atoms with Crippen LogP contribution in [0, 0.1) is 0 Å². The number of ether oxygens (including phenoxy) is 1. The third-order valence-corrected chi connectivity index (χ3v) is 7.32. The Labute approximate surface area is 188 Å². The number of rotatable bonds is 8. The minimum absolute atomic E-state index is 0.138. The lowest BCUT2D eigenvalue weighted by atomic mass is 10.2. The molecular formula is C25H26N2O4S. The van der Waals surface area contributed by atoms with E-state index < -0.39 is 10.0 Å². The largest absolute Gasteiger partial charge is 0.491 e. The fourth-order valence-corrected chi connectivity index (χ4v) is 5.25. The van der Waals surface area contributed by atoms with Gasteiger partial charge in [-0.3, -0.25) is 4.79 Å². The number of amides is 1. The van der Waals surface area contributed by atoms with Crippen LogP contribution in [0.25, 0.3) is 0 Å². The molecule has 0 bridgehead atoms. The molecule has 1 amide bonds. The molecule has 166 valence electrons. The van der Waals surface area contributed by atoms with Crippen molar-refractivity contribution in [3.63, 3.8) is 0 Å². The summed E-state index contributed by atoms with van der Waals surface area (Å²) in [5.74, 6) is 0.181. The van der Waals surface area contributed by atoms with Crippen LogP contribution in [-0.4, -0.2) is 38.3 Å². The van der Waals surface area contributed by atoms with Crippen LogP contribution in [0.1, 0.15) is 28.8 Å². The van der Waals surface area contributed by atoms with Crippen molar-refractivity contribution >= 4 is 21.6 Å². The van der Waals surface area contributed by atoms with E-state index >= 15 is 0 Å². The van der Waals surface area contributed by atoms with Gasteiger partial charge in [0.25, 0.3) is 5.91 Å². The van der Waals surface area contributed by atoms with Gasteiger partial charge in [-0.2, -0.15) is 4.31 Å². The van der Waals surface area contributed by atoms with E-state index in [4.69, 9.17) is 4.74 Å². The van der Waals surface area contributed by atoms with Crippen molar-refractivity contribution in [3.05, 3.63) is 90.0 Å². The van der Waals surface area contributed by atoms with E-state index in [1.54, 1.807) is 24.3 Å². The lowest BCUT2D eigenvalue weighted by molar-refractivity contribution is 0.102. The van der Waals surface area contributed by atoms with Crippen molar-refractivity contribution in [2.24, 2.45) is 0 Å². The Kier molecular flexibility index (Phi) is 6.87. The van der Waals surface area contributed by atoms with Crippen LogP contribution in [0.3, 0.4) is 0 Å². The van der Waals surface area contributed by atoms with Gasteiger partial charge in [0.05, 0.1) is 17.2 Å². The summed E-state index contributed by atoms with van der Waals surface area (Å²) in [7, 11) is -3.59. The van der Waals surface area contributed by atoms with Gasteiger partial charge in [0.15, 0.2) is 0 Å². The zero-order valence-corrected chi connectivity index (χ0v) is 18.6. The Bertz CT molecular complexity index is 1170. The number of sulfonamides is 1. The molecule has 0 saturated carbocycles. The maximum Gasteiger partial charge on any atom is 0.255 e. The van der Waals surface area contributed by atoms with Crippen LogP contribution in [0.2, 0.25) is 0 Å². The highest BCUT2D eigenvalue weighted by molar-refractivity contribution is 7.89. The molecule has 7 heteroatoms. The van der Waals surface area contributed by atoms with Crippen molar-refractivity contribution in [1.82, 2.24) is 4.31 Å². The van der Waals surface area contributed by atoms with Crippen LogP contribution < -0.4 is 10.1 Å². The summed E-state index contributed by atoms with van der Waals surface area (Å²) in [6.45, 7) is 1.51. The van der Waals surface area contributed by atoms with Gasteiger partial charge in [0.1, 0.15) is 5.75 Å². The van der Waals surface area contributed by atoms with E-state index in [2.05, 4.69) is 5.32 Å². The van der Waals surface area contributed by atoms with Gasteiger partial charge in [0.2, 0.25) is 10.0 Å². The van der Waals surface area contributed by atoms with Crippen molar-refractivity contribution in [3.8, 4) is 5.75 Å². The Morgan fingerprint density at radius 3 is 2.41 bits per heavy atom. The Balaban J connectivity index is 1.45. The average molecular weight is 451 g/mol. The van der Waals surface area contributed by atoms with Crippen LogP contribution in [0.4, 0.5) is 5.69 Å². The summed E-state index contributed by atoms with van der Waals surface area (Å²) in [6.07, 6.45) is 2.47. The molecule has 6 nitrogen and oxygen atoms in total. The zero-order chi connectivity index (χ0) is 22.4. The summed E-state index contributed by atoms with van der Waals surface area (Å²) < 4.78 is 33.0. The monoisotopic (exact) mass is 450 g/mol. The van der Waals surface area contributed by atoms with Crippen molar-refractivity contribution < 1.29 is 17.9 Å². The molecular weight excluding hydrogens is 424 g/mol. The average Bonchev–Trinajstić information content (AvgIpc) is 3.37. The number of hydrogen-bond acceptors (Lipinski definition) is 4. The maximum absolute atomic E-state index is 12.9. The third-order valence-electron chi connectivity index (χ3n) is 5.43. The fourth-order valence-electron chi connectivity index (χ4n) is 3.69. The number of anilines is 1. The topological polar surface area (TPSA) is 75.7 Å². The normalized spacial score (nSPS) is 14.2. The Hall–Kier alpha value is -3.16. The first-order valence-electron chi connectivity index (χ1n) is 10.7. The second kappa shape index (κ2) is 9.97. The highest BCUT2D eigenvalue weighted by Crippen LogP contribution is 2.26. The van der Waals surface area contributed by atoms with Gasteiger partial charge < -0.3 is 10.1 Å². The molecule has 0 aliphatic carbocycles. The first-order chi connectivity index (χ1) is 15.5. The van der Waals surface area contributed by atoms with E-state index in [0.29, 0.717) is 31.1 Å². The number of para-hydroxylation sites is 2. The molecule has 1 aliphatic heterocycles. The molecule has 1 N–H and O–H groups in total. The summed E-state index contributed by atoms with van der Waals surface area (Å²) in [4.78, 5) is 13.0. The van der Waals surface area contributed by atoms with E-state index in [1.165, 1.54) is 22.0 Å². The first kappa shape index (κ1) is 22.0. The summed E-state index contributed by atoms with van der Waals surface area (Å²) >= 11 is 0. The van der Waals surface area contributed by atoms with Gasteiger partial charge in [-0.05, 0) is 48.7 Å². The number of hydrogen-bond donors (Lipinski definition) is 1. The summed E-state index contributed by atoms with van der Waals surface area (Å²) in [6, 6.07) is 23.4. The van der Waals surface area contributed by atoms with Gasteiger partial charge in [-0.25, -0.2) is 8.42 Å². The van der Waals surface area contributed by atoms with Gasteiger partial charge in [-0.1, -0.05) is 48.5 Å². The quantitative estimate of drug-likeness (QED) is 0.554. The molecule has 32 heavy (non-hydrogen) atoms. The first-order valence-corrected chi connectivity index (χ1v) is 12.2. The molecule has 0 radical (unpaired) electrons. The van der Waals surface area contributed by atoms with Gasteiger partial charge >= 0.3 is 0 Å². The van der Waals surface area contributed by atoms with Crippen molar-refractivity contribution in [1.29, 1.82) is 0 Å². The van der Waals surface area contributed by atoms with Crippen LogP contribution in [0.5, 0.6) is 5.75 Å². The molecule has 1 heterocycles. The lowest BCUT2D eigenvalue weighted by Crippen LogP contribution is -2.28. The maximum atomic E-state index is 12.9. The minimum Gasteiger partial charge on any atom is -0.491 e. The molecule has 4 rings (SSSR count). The van der Waals surface area contributed by atoms with Crippen molar-refractivity contribution in [2.45, 2.75) is 24.2 Å². The molecule has 0 atom stereocenters. The minimum atomic E-state index is -3.59. The number of nitrogens with one attached hydrogen (secondary N) is 1. The van der Waals surface area contributed by atoms with Crippen LogP contribution in [0.15, 0.2) is 83.8 Å². The second-order valence-electron chi connectivity index (χ2n) is 7.67. The highest BCUT2D eigenvalue weighted by atomic mass is 32.2. The smallest absolute Gasteiger partial charge is 0.255 e. The van der Waals surface area contributed by atoms with Gasteiger partial charge in [0, 0.05) is 25.1 Å². The molecule has 3 aromatic carbocycles. The predicted octanol–water partition coefficient (Wildman–Crippen LogP) is 4.34. The highest BCUT2D eigenvalue weighted by Gasteiger charge is 2.27. The molecule has 1 fully saturated rings. The van der Waals surface area contributed by atoms with Crippen LogP contribution >= 0.6 is 0 Å². The van der Waals surface area contributed by atoms with Crippen molar-refractivity contribution in [2.75, 3.05) is 25.0 Å². The molecule has 1 saturated heterocycles. The van der Waals surface area contributed by atoms with Crippen LogP contribution in [-0.2, 0) is 16.4 Å². The zero-order valence-electron chi connectivity index (χ0n) is 17.7. The number of benzene rings is 3. The number of nitrogens with zero attached hydrogens (tertiary/aromatic N) is 1. The summed E-state index contributed by atoms with van der Waals surface area (Å²) in [5.41, 5.74) is 1.99. The molecule has 0 spiro atoms. The van der Waals surface area contributed by atoms with E-state index in [-0.39, 0.29) is 16.4 Å². The molecule has 0 unspecified atom stereocenters. The molecule has 1 aliphatic rings. The third kappa shape index (κ3) is 5.18. The van der Waals surface area contributed by atoms with E-state index in [0.717, 1.165) is 19.3 Å². The van der Waals surface area contributed by atoms with E-state index in [1.807, 2.05) is 42.5 Å². The standard InChI is InChI=1S/C25H26N2O4S/c28-25(21-11-8-12-22(19-21)32(29,30)27-16-6-7-17-27)26-23-13-4-5-14-24(23)31-18-15-20-9-2-1-3-10-20/h1-5,8-14,19H,6-7,15-18H2,(H,26,28). The molecule has 3 aromatic rings. The Morgan fingerprint density at radius 2 is 1.62 bits per heavy atom. The Morgan fingerprint density at radius 1 is 0.906 bits per heavy atom.